The van der Waals surface area contributed by atoms with Gasteiger partial charge in [0.15, 0.2) is 0 Å². The topological polar surface area (TPSA) is 61.4 Å². The molecule has 1 amide bonds. The Morgan fingerprint density at radius 1 is 0.968 bits per heavy atom. The summed E-state index contributed by atoms with van der Waals surface area (Å²) in [5.74, 6) is 0.0958. The average molecular weight is 460 g/mol. The van der Waals surface area contributed by atoms with Crippen LogP contribution >= 0.6 is 24.8 Å². The lowest BCUT2D eigenvalue weighted by atomic mass is 10.0. The zero-order valence-corrected chi connectivity index (χ0v) is 18.9. The Labute approximate surface area is 194 Å². The summed E-state index contributed by atoms with van der Waals surface area (Å²) >= 11 is 0. The van der Waals surface area contributed by atoms with Gasteiger partial charge in [-0.3, -0.25) is 14.7 Å². The lowest BCUT2D eigenvalue weighted by molar-refractivity contribution is 0.0775. The maximum atomic E-state index is 13.5. The van der Waals surface area contributed by atoms with E-state index in [2.05, 4.69) is 15.2 Å². The van der Waals surface area contributed by atoms with Gasteiger partial charge in [-0.25, -0.2) is 4.98 Å². The van der Waals surface area contributed by atoms with Gasteiger partial charge in [-0.15, -0.1) is 24.8 Å². The molecule has 2 saturated heterocycles. The molecule has 2 aliphatic heterocycles. The molecule has 2 fully saturated rings. The number of likely N-dealkylation sites (tertiary alicyclic amines) is 1. The molecule has 1 N–H and O–H groups in total. The lowest BCUT2D eigenvalue weighted by Gasteiger charge is -2.32. The van der Waals surface area contributed by atoms with Crippen molar-refractivity contribution in [1.29, 1.82) is 0 Å². The van der Waals surface area contributed by atoms with E-state index >= 15 is 0 Å². The molecule has 1 aromatic carbocycles. The minimum atomic E-state index is 0. The number of rotatable bonds is 3. The summed E-state index contributed by atoms with van der Waals surface area (Å²) in [7, 11) is 0. The summed E-state index contributed by atoms with van der Waals surface area (Å²) in [6.07, 6.45) is 2.80. The second kappa shape index (κ2) is 10.4. The molecule has 0 radical (unpaired) electrons. The van der Waals surface area contributed by atoms with E-state index in [4.69, 9.17) is 4.98 Å². The second-order valence-electron chi connectivity index (χ2n) is 7.77. The number of piperazine rings is 1. The highest BCUT2D eigenvalue weighted by molar-refractivity contribution is 6.07. The minimum absolute atomic E-state index is 0. The zero-order chi connectivity index (χ0) is 19.6. The molecule has 2 aromatic heterocycles. The first-order valence-electron chi connectivity index (χ1n) is 10.3. The first-order valence-corrected chi connectivity index (χ1v) is 10.3. The van der Waals surface area contributed by atoms with Crippen molar-refractivity contribution in [1.82, 2.24) is 25.1 Å². The van der Waals surface area contributed by atoms with Crippen molar-refractivity contribution in [3.63, 3.8) is 0 Å². The van der Waals surface area contributed by atoms with Crippen molar-refractivity contribution < 1.29 is 4.79 Å². The van der Waals surface area contributed by atoms with E-state index in [1.54, 1.807) is 6.20 Å². The Morgan fingerprint density at radius 2 is 1.74 bits per heavy atom. The molecule has 0 aliphatic carbocycles. The number of pyridine rings is 2. The Bertz CT molecular complexity index is 1030. The maximum Gasteiger partial charge on any atom is 0.254 e. The molecular formula is C23H27Cl2N5O. The van der Waals surface area contributed by atoms with Crippen LogP contribution in [0.15, 0.2) is 54.7 Å². The van der Waals surface area contributed by atoms with Crippen LogP contribution in [0.5, 0.6) is 0 Å². The van der Waals surface area contributed by atoms with E-state index in [0.717, 1.165) is 73.5 Å². The Kier molecular flexibility index (Phi) is 7.84. The molecule has 3 aromatic rings. The van der Waals surface area contributed by atoms with Gasteiger partial charge in [0.2, 0.25) is 0 Å². The summed E-state index contributed by atoms with van der Waals surface area (Å²) in [6, 6.07) is 16.0. The van der Waals surface area contributed by atoms with Gasteiger partial charge in [-0.2, -0.15) is 0 Å². The molecule has 5 rings (SSSR count). The normalized spacial score (nSPS) is 19.0. The van der Waals surface area contributed by atoms with Crippen LogP contribution in [0.2, 0.25) is 0 Å². The number of fused-ring (bicyclic) bond motifs is 1. The first-order chi connectivity index (χ1) is 14.3. The van der Waals surface area contributed by atoms with Crippen LogP contribution in [-0.2, 0) is 0 Å². The van der Waals surface area contributed by atoms with Gasteiger partial charge in [0, 0.05) is 56.9 Å². The fraction of sp³-hybridized carbons (Fsp3) is 0.348. The van der Waals surface area contributed by atoms with Gasteiger partial charge < -0.3 is 10.2 Å². The van der Waals surface area contributed by atoms with Crippen LogP contribution in [0.25, 0.3) is 22.3 Å². The summed E-state index contributed by atoms with van der Waals surface area (Å²) in [5, 5.41) is 4.31. The third-order valence-electron chi connectivity index (χ3n) is 5.99. The molecule has 31 heavy (non-hydrogen) atoms. The summed E-state index contributed by atoms with van der Waals surface area (Å²) in [5.41, 5.74) is 3.08. The van der Waals surface area contributed by atoms with Crippen molar-refractivity contribution in [3.8, 4) is 11.4 Å². The number of carbonyl (C=O) groups excluding carboxylic acids is 1. The molecule has 8 heteroatoms. The van der Waals surface area contributed by atoms with Crippen molar-refractivity contribution in [3.05, 3.63) is 60.3 Å². The van der Waals surface area contributed by atoms with Gasteiger partial charge in [0.1, 0.15) is 0 Å². The summed E-state index contributed by atoms with van der Waals surface area (Å²) in [4.78, 5) is 27.2. The van der Waals surface area contributed by atoms with Crippen LogP contribution in [0.4, 0.5) is 0 Å². The number of nitrogens with zero attached hydrogens (tertiary/aromatic N) is 4. The summed E-state index contributed by atoms with van der Waals surface area (Å²) < 4.78 is 0. The van der Waals surface area contributed by atoms with E-state index < -0.39 is 0 Å². The number of nitrogens with one attached hydrogen (secondary N) is 1. The molecule has 2 aliphatic rings. The van der Waals surface area contributed by atoms with E-state index in [-0.39, 0.29) is 30.7 Å². The molecule has 4 heterocycles. The predicted molar refractivity (Wildman–Crippen MR) is 128 cm³/mol. The number of hydrogen-bond acceptors (Lipinski definition) is 5. The van der Waals surface area contributed by atoms with Gasteiger partial charge >= 0.3 is 0 Å². The highest BCUT2D eigenvalue weighted by Crippen LogP contribution is 2.26. The van der Waals surface area contributed by atoms with E-state index in [1.165, 1.54) is 0 Å². The van der Waals surface area contributed by atoms with E-state index in [1.807, 2.05) is 53.4 Å². The summed E-state index contributed by atoms with van der Waals surface area (Å²) in [6.45, 7) is 5.81. The lowest BCUT2D eigenvalue weighted by Crippen LogP contribution is -2.49. The molecule has 1 unspecified atom stereocenters. The van der Waals surface area contributed by atoms with Gasteiger partial charge in [-0.1, -0.05) is 24.3 Å². The number of para-hydroxylation sites is 1. The van der Waals surface area contributed by atoms with E-state index in [0.29, 0.717) is 6.04 Å². The second-order valence-corrected chi connectivity index (χ2v) is 7.77. The monoisotopic (exact) mass is 459 g/mol. The van der Waals surface area contributed by atoms with Crippen LogP contribution in [-0.4, -0.2) is 71.0 Å². The highest BCUT2D eigenvalue weighted by atomic mass is 35.5. The maximum absolute atomic E-state index is 13.5. The Balaban J connectivity index is 0.00000136. The van der Waals surface area contributed by atoms with Gasteiger partial charge in [-0.05, 0) is 30.7 Å². The fourth-order valence-corrected chi connectivity index (χ4v) is 4.44. The van der Waals surface area contributed by atoms with Crippen molar-refractivity contribution in [2.75, 3.05) is 39.3 Å². The quantitative estimate of drug-likeness (QED) is 0.650. The molecule has 6 nitrogen and oxygen atoms in total. The van der Waals surface area contributed by atoms with Gasteiger partial charge in [0.25, 0.3) is 5.91 Å². The van der Waals surface area contributed by atoms with Crippen LogP contribution in [0.3, 0.4) is 0 Å². The number of benzene rings is 1. The standard InChI is InChI=1S/C23H25N5O.2ClH/c29-23(28-12-8-17(16-28)27-13-10-24-11-14-27)19-15-22(21-7-3-4-9-25-21)26-20-6-2-1-5-18(19)20;;/h1-7,9,15,17,24H,8,10-14,16H2;2*1H. The zero-order valence-electron chi connectivity index (χ0n) is 17.2. The van der Waals surface area contributed by atoms with Crippen molar-refractivity contribution in [2.24, 2.45) is 0 Å². The molecule has 1 atom stereocenters. The number of amides is 1. The highest BCUT2D eigenvalue weighted by Gasteiger charge is 2.32. The number of halogens is 2. The predicted octanol–water partition coefficient (Wildman–Crippen LogP) is 3.26. The SMILES string of the molecule is Cl.Cl.O=C(c1cc(-c2ccccn2)nc2ccccc12)N1CCC(N2CCNCC2)C1. The largest absolute Gasteiger partial charge is 0.337 e. The van der Waals surface area contributed by atoms with Crippen LogP contribution in [0.1, 0.15) is 16.8 Å². The van der Waals surface area contributed by atoms with Crippen molar-refractivity contribution in [2.45, 2.75) is 12.5 Å². The van der Waals surface area contributed by atoms with E-state index in [9.17, 15) is 4.79 Å². The fourth-order valence-electron chi connectivity index (χ4n) is 4.44. The number of aromatic nitrogens is 2. The molecule has 0 saturated carbocycles. The minimum Gasteiger partial charge on any atom is -0.337 e. The number of carbonyl (C=O) groups is 1. The smallest absolute Gasteiger partial charge is 0.254 e. The van der Waals surface area contributed by atoms with Crippen LogP contribution < -0.4 is 5.32 Å². The Morgan fingerprint density at radius 3 is 2.52 bits per heavy atom. The number of hydrogen-bond donors (Lipinski definition) is 1. The third-order valence-corrected chi connectivity index (χ3v) is 5.99. The first kappa shape index (κ1) is 23.4. The van der Waals surface area contributed by atoms with Crippen molar-refractivity contribution >= 4 is 41.6 Å². The molecule has 0 spiro atoms. The average Bonchev–Trinajstić information content (AvgIpc) is 3.29. The Hall–Kier alpha value is -2.25. The van der Waals surface area contributed by atoms with Crippen LogP contribution in [0, 0.1) is 0 Å². The molecule has 0 bridgehead atoms. The third kappa shape index (κ3) is 4.83. The molecular weight excluding hydrogens is 433 g/mol. The van der Waals surface area contributed by atoms with Gasteiger partial charge in [0.05, 0.1) is 22.5 Å². The molecule has 164 valence electrons.